The summed E-state index contributed by atoms with van der Waals surface area (Å²) in [7, 11) is -3.46. The predicted octanol–water partition coefficient (Wildman–Crippen LogP) is 2.19. The average molecular weight is 294 g/mol. The van der Waals surface area contributed by atoms with E-state index in [0.717, 1.165) is 30.6 Å². The van der Waals surface area contributed by atoms with Crippen molar-refractivity contribution >= 4 is 27.0 Å². The molecule has 0 saturated carbocycles. The Bertz CT molecular complexity index is 679. The molecule has 0 fully saturated rings. The molecular weight excluding hydrogens is 280 g/mol. The number of fused-ring (bicyclic) bond motifs is 1. The normalized spacial score (nSPS) is 14.9. The Kier molecular flexibility index (Phi) is 3.30. The Morgan fingerprint density at radius 1 is 1.21 bits per heavy atom. The van der Waals surface area contributed by atoms with Gasteiger partial charge >= 0.3 is 0 Å². The van der Waals surface area contributed by atoms with Gasteiger partial charge in [-0.3, -0.25) is 4.72 Å². The van der Waals surface area contributed by atoms with Crippen LogP contribution in [0.4, 0.5) is 5.69 Å². The first-order chi connectivity index (χ1) is 9.17. The van der Waals surface area contributed by atoms with Crippen LogP contribution in [0.1, 0.15) is 11.1 Å². The average Bonchev–Trinajstić information content (AvgIpc) is 2.93. The maximum atomic E-state index is 12.2. The second kappa shape index (κ2) is 4.96. The van der Waals surface area contributed by atoms with Crippen molar-refractivity contribution in [1.82, 2.24) is 5.32 Å². The molecule has 100 valence electrons. The fraction of sp³-hybridized carbons (Fsp3) is 0.231. The Morgan fingerprint density at radius 3 is 2.89 bits per heavy atom. The lowest BCUT2D eigenvalue weighted by atomic mass is 9.99. The minimum Gasteiger partial charge on any atom is -0.312 e. The number of sulfonamides is 1. The van der Waals surface area contributed by atoms with E-state index in [1.807, 2.05) is 18.2 Å². The first-order valence-electron chi connectivity index (χ1n) is 6.04. The van der Waals surface area contributed by atoms with Crippen LogP contribution in [0.15, 0.2) is 39.9 Å². The van der Waals surface area contributed by atoms with E-state index < -0.39 is 10.0 Å². The predicted molar refractivity (Wildman–Crippen MR) is 77.0 cm³/mol. The van der Waals surface area contributed by atoms with Crippen LogP contribution in [0.2, 0.25) is 0 Å². The van der Waals surface area contributed by atoms with Crippen molar-refractivity contribution in [1.29, 1.82) is 0 Å². The van der Waals surface area contributed by atoms with Crippen LogP contribution in [-0.2, 0) is 23.0 Å². The summed E-state index contributed by atoms with van der Waals surface area (Å²) < 4.78 is 27.5. The minimum absolute atomic E-state index is 0.346. The molecule has 2 aromatic rings. The van der Waals surface area contributed by atoms with Gasteiger partial charge in [0.1, 0.15) is 4.21 Å². The van der Waals surface area contributed by atoms with Crippen molar-refractivity contribution in [3.8, 4) is 0 Å². The molecule has 0 saturated heterocycles. The van der Waals surface area contributed by atoms with Crippen LogP contribution in [-0.4, -0.2) is 15.0 Å². The van der Waals surface area contributed by atoms with Gasteiger partial charge in [-0.2, -0.15) is 0 Å². The van der Waals surface area contributed by atoms with Gasteiger partial charge in [-0.1, -0.05) is 18.2 Å². The summed E-state index contributed by atoms with van der Waals surface area (Å²) in [5, 5.41) is 5.05. The van der Waals surface area contributed by atoms with Crippen LogP contribution in [0.25, 0.3) is 0 Å². The number of thiophene rings is 1. The monoisotopic (exact) mass is 294 g/mol. The highest BCUT2D eigenvalue weighted by atomic mass is 32.2. The van der Waals surface area contributed by atoms with Gasteiger partial charge in [0.05, 0.1) is 5.69 Å². The second-order valence-corrected chi connectivity index (χ2v) is 7.26. The lowest BCUT2D eigenvalue weighted by Gasteiger charge is -2.20. The number of nitrogens with one attached hydrogen (secondary N) is 2. The van der Waals surface area contributed by atoms with E-state index in [2.05, 4.69) is 10.0 Å². The smallest absolute Gasteiger partial charge is 0.271 e. The summed E-state index contributed by atoms with van der Waals surface area (Å²) in [6.07, 6.45) is 0.846. The van der Waals surface area contributed by atoms with Gasteiger partial charge in [0, 0.05) is 6.54 Å². The lowest BCUT2D eigenvalue weighted by molar-refractivity contribution is 0.602. The molecule has 19 heavy (non-hydrogen) atoms. The third kappa shape index (κ3) is 2.51. The highest BCUT2D eigenvalue weighted by Crippen LogP contribution is 2.26. The molecule has 3 rings (SSSR count). The Labute approximate surface area is 116 Å². The third-order valence-corrected chi connectivity index (χ3v) is 5.91. The number of anilines is 1. The first kappa shape index (κ1) is 12.7. The molecule has 1 aliphatic heterocycles. The number of rotatable bonds is 3. The topological polar surface area (TPSA) is 58.2 Å². The molecular formula is C13H14N2O2S2. The molecule has 4 nitrogen and oxygen atoms in total. The molecule has 0 radical (unpaired) electrons. The van der Waals surface area contributed by atoms with Crippen molar-refractivity contribution < 1.29 is 8.42 Å². The van der Waals surface area contributed by atoms with Gasteiger partial charge in [0.25, 0.3) is 10.0 Å². The van der Waals surface area contributed by atoms with E-state index in [-0.39, 0.29) is 0 Å². The molecule has 1 aromatic heterocycles. The van der Waals surface area contributed by atoms with Crippen LogP contribution in [0.5, 0.6) is 0 Å². The van der Waals surface area contributed by atoms with E-state index in [9.17, 15) is 8.42 Å². The maximum absolute atomic E-state index is 12.2. The van der Waals surface area contributed by atoms with Crippen molar-refractivity contribution in [3.63, 3.8) is 0 Å². The summed E-state index contributed by atoms with van der Waals surface area (Å²) in [6, 6.07) is 9.10. The molecule has 0 aliphatic carbocycles. The number of hydrogen-bond donors (Lipinski definition) is 2. The second-order valence-electron chi connectivity index (χ2n) is 4.41. The molecule has 1 aliphatic rings. The number of hydrogen-bond acceptors (Lipinski definition) is 4. The van der Waals surface area contributed by atoms with E-state index in [1.165, 1.54) is 11.3 Å². The van der Waals surface area contributed by atoms with Gasteiger partial charge in [0.15, 0.2) is 0 Å². The zero-order chi connectivity index (χ0) is 13.3. The molecule has 0 amide bonds. The fourth-order valence-electron chi connectivity index (χ4n) is 2.24. The third-order valence-electron chi connectivity index (χ3n) is 3.14. The van der Waals surface area contributed by atoms with Gasteiger partial charge in [-0.25, -0.2) is 8.42 Å². The summed E-state index contributed by atoms with van der Waals surface area (Å²) in [4.78, 5) is 0. The summed E-state index contributed by atoms with van der Waals surface area (Å²) >= 11 is 1.22. The number of benzene rings is 1. The molecule has 6 heteroatoms. The Hall–Kier alpha value is -1.37. The summed E-state index contributed by atoms with van der Waals surface area (Å²) in [6.45, 7) is 1.68. The summed E-state index contributed by atoms with van der Waals surface area (Å²) in [5.74, 6) is 0. The van der Waals surface area contributed by atoms with Gasteiger partial charge in [-0.15, -0.1) is 11.3 Å². The fourth-order valence-corrected chi connectivity index (χ4v) is 4.32. The van der Waals surface area contributed by atoms with Crippen molar-refractivity contribution in [2.75, 3.05) is 11.3 Å². The van der Waals surface area contributed by atoms with Crippen molar-refractivity contribution in [2.45, 2.75) is 17.2 Å². The van der Waals surface area contributed by atoms with Crippen molar-refractivity contribution in [2.24, 2.45) is 0 Å². The highest BCUT2D eigenvalue weighted by molar-refractivity contribution is 7.94. The first-order valence-corrected chi connectivity index (χ1v) is 8.41. The van der Waals surface area contributed by atoms with Gasteiger partial charge < -0.3 is 5.32 Å². The quantitative estimate of drug-likeness (QED) is 0.912. The molecule has 2 N–H and O–H groups in total. The van der Waals surface area contributed by atoms with Crippen molar-refractivity contribution in [3.05, 3.63) is 46.8 Å². The Balaban J connectivity index is 1.96. The Morgan fingerprint density at radius 2 is 2.11 bits per heavy atom. The van der Waals surface area contributed by atoms with E-state index in [4.69, 9.17) is 0 Å². The summed E-state index contributed by atoms with van der Waals surface area (Å²) in [5.41, 5.74) is 2.96. The molecule has 0 atom stereocenters. The highest BCUT2D eigenvalue weighted by Gasteiger charge is 2.19. The van der Waals surface area contributed by atoms with E-state index >= 15 is 0 Å². The zero-order valence-electron chi connectivity index (χ0n) is 10.2. The molecule has 0 bridgehead atoms. The standard InChI is InChI=1S/C13H14N2O2S2/c16-19(17,13-5-2-8-18-13)15-12-4-1-3-10-9-14-7-6-11(10)12/h1-5,8,14-15H,6-7,9H2. The van der Waals surface area contributed by atoms with Crippen LogP contribution in [0, 0.1) is 0 Å². The lowest BCUT2D eigenvalue weighted by Crippen LogP contribution is -2.25. The largest absolute Gasteiger partial charge is 0.312 e. The van der Waals surface area contributed by atoms with Gasteiger partial charge in [0.2, 0.25) is 0 Å². The van der Waals surface area contributed by atoms with E-state index in [0.29, 0.717) is 9.90 Å². The SMILES string of the molecule is O=S(=O)(Nc1cccc2c1CCNC2)c1cccs1. The minimum atomic E-state index is -3.46. The molecule has 2 heterocycles. The molecule has 0 spiro atoms. The zero-order valence-corrected chi connectivity index (χ0v) is 11.9. The van der Waals surface area contributed by atoms with Crippen LogP contribution < -0.4 is 10.0 Å². The molecule has 0 unspecified atom stereocenters. The van der Waals surface area contributed by atoms with Crippen LogP contribution >= 0.6 is 11.3 Å². The van der Waals surface area contributed by atoms with E-state index in [1.54, 1.807) is 17.5 Å². The van der Waals surface area contributed by atoms with Crippen LogP contribution in [0.3, 0.4) is 0 Å². The van der Waals surface area contributed by atoms with Gasteiger partial charge in [-0.05, 0) is 41.6 Å². The molecule has 1 aromatic carbocycles. The maximum Gasteiger partial charge on any atom is 0.271 e.